The number of hydrogen-bond donors (Lipinski definition) is 2. The lowest BCUT2D eigenvalue weighted by atomic mass is 10.0. The Morgan fingerprint density at radius 2 is 1.71 bits per heavy atom. The van der Waals surface area contributed by atoms with Crippen LogP contribution in [0.25, 0.3) is 10.9 Å². The lowest BCUT2D eigenvalue weighted by Crippen LogP contribution is -2.49. The first-order valence-corrected chi connectivity index (χ1v) is 12.3. The number of benzene rings is 2. The highest BCUT2D eigenvalue weighted by Crippen LogP contribution is 2.23. The predicted molar refractivity (Wildman–Crippen MR) is 138 cm³/mol. The zero-order chi connectivity index (χ0) is 25.3. The van der Waals surface area contributed by atoms with Crippen LogP contribution >= 0.6 is 0 Å². The molecule has 0 aliphatic heterocycles. The van der Waals surface area contributed by atoms with E-state index in [2.05, 4.69) is 40.6 Å². The summed E-state index contributed by atoms with van der Waals surface area (Å²) in [5.41, 5.74) is 4.86. The van der Waals surface area contributed by atoms with Gasteiger partial charge in [0.1, 0.15) is 11.6 Å². The van der Waals surface area contributed by atoms with Crippen LogP contribution < -0.4 is 10.8 Å². The van der Waals surface area contributed by atoms with Gasteiger partial charge in [0.25, 0.3) is 5.91 Å². The van der Waals surface area contributed by atoms with Crippen molar-refractivity contribution in [2.24, 2.45) is 0 Å². The molecule has 7 heteroatoms. The fraction of sp³-hybridized carbons (Fsp3) is 0.429. The minimum Gasteiger partial charge on any atom is -0.444 e. The number of fused-ring (bicyclic) bond motifs is 1. The second-order valence-corrected chi connectivity index (χ2v) is 9.72. The fourth-order valence-electron chi connectivity index (χ4n) is 3.92. The van der Waals surface area contributed by atoms with Crippen LogP contribution in [0, 0.1) is 0 Å². The Labute approximate surface area is 207 Å². The van der Waals surface area contributed by atoms with Crippen LogP contribution in [-0.2, 0) is 33.9 Å². The summed E-state index contributed by atoms with van der Waals surface area (Å²) in [4.78, 5) is 31.1. The van der Waals surface area contributed by atoms with Crippen LogP contribution in [0.15, 0.2) is 60.8 Å². The number of unbranched alkanes of at least 4 members (excludes halogenated alkanes) is 2. The van der Waals surface area contributed by atoms with Crippen molar-refractivity contribution in [2.75, 3.05) is 0 Å². The van der Waals surface area contributed by atoms with Crippen LogP contribution in [0.5, 0.6) is 0 Å². The number of aromatic nitrogens is 1. The van der Waals surface area contributed by atoms with Gasteiger partial charge < -0.3 is 14.6 Å². The molecule has 0 radical (unpaired) electrons. The predicted octanol–water partition coefficient (Wildman–Crippen LogP) is 5.52. The van der Waals surface area contributed by atoms with Gasteiger partial charge in [-0.1, -0.05) is 68.3 Å². The number of rotatable bonds is 11. The van der Waals surface area contributed by atoms with E-state index in [9.17, 15) is 9.59 Å². The van der Waals surface area contributed by atoms with Crippen LogP contribution in [0.2, 0.25) is 0 Å². The highest BCUT2D eigenvalue weighted by atomic mass is 16.7. The van der Waals surface area contributed by atoms with Crippen molar-refractivity contribution in [1.82, 2.24) is 15.4 Å². The summed E-state index contributed by atoms with van der Waals surface area (Å²) in [6.45, 7) is 8.68. The monoisotopic (exact) mass is 479 g/mol. The van der Waals surface area contributed by atoms with Gasteiger partial charge >= 0.3 is 6.09 Å². The summed E-state index contributed by atoms with van der Waals surface area (Å²) >= 11 is 0. The molecule has 0 fully saturated rings. The Morgan fingerprint density at radius 3 is 2.43 bits per heavy atom. The van der Waals surface area contributed by atoms with Crippen molar-refractivity contribution in [1.29, 1.82) is 0 Å². The number of hydroxylamine groups is 1. The van der Waals surface area contributed by atoms with E-state index in [-0.39, 0.29) is 6.61 Å². The number of ether oxygens (including phenoxy) is 1. The van der Waals surface area contributed by atoms with Gasteiger partial charge in [-0.2, -0.15) is 0 Å². The molecule has 0 aliphatic carbocycles. The Bertz CT molecular complexity index is 1100. The maximum absolute atomic E-state index is 13.1. The molecule has 1 heterocycles. The van der Waals surface area contributed by atoms with Crippen molar-refractivity contribution < 1.29 is 19.2 Å². The molecule has 7 nitrogen and oxygen atoms in total. The average Bonchev–Trinajstić information content (AvgIpc) is 3.16. The quantitative estimate of drug-likeness (QED) is 0.280. The largest absolute Gasteiger partial charge is 0.444 e. The lowest BCUT2D eigenvalue weighted by molar-refractivity contribution is -0.136. The van der Waals surface area contributed by atoms with Crippen molar-refractivity contribution in [3.8, 4) is 0 Å². The molecule has 3 rings (SSSR count). The van der Waals surface area contributed by atoms with Gasteiger partial charge in [0.05, 0.1) is 6.61 Å². The SMILES string of the molecule is CCCCCn1cc(C[C@H](NC(=O)OC(C)(C)C)C(=O)NOCc2ccccc2)c2ccccc21. The first-order chi connectivity index (χ1) is 16.8. The number of nitrogens with one attached hydrogen (secondary N) is 2. The molecule has 0 saturated heterocycles. The van der Waals surface area contributed by atoms with E-state index < -0.39 is 23.6 Å². The number of alkyl carbamates (subject to hydrolysis) is 1. The number of carbonyl (C=O) groups is 2. The molecular formula is C28H37N3O4. The van der Waals surface area contributed by atoms with Crippen molar-refractivity contribution in [2.45, 2.75) is 78.2 Å². The van der Waals surface area contributed by atoms with Gasteiger partial charge in [-0.15, -0.1) is 0 Å². The average molecular weight is 480 g/mol. The Hall–Kier alpha value is -3.32. The number of aryl methyl sites for hydroxylation is 1. The van der Waals surface area contributed by atoms with Gasteiger partial charge in [0.2, 0.25) is 0 Å². The molecule has 0 spiro atoms. The molecule has 1 aromatic heterocycles. The Balaban J connectivity index is 1.77. The van der Waals surface area contributed by atoms with E-state index in [0.29, 0.717) is 6.42 Å². The van der Waals surface area contributed by atoms with E-state index in [0.717, 1.165) is 47.8 Å². The van der Waals surface area contributed by atoms with Crippen LogP contribution in [0.4, 0.5) is 4.79 Å². The second kappa shape index (κ2) is 12.4. The lowest BCUT2D eigenvalue weighted by Gasteiger charge is -2.23. The molecular weight excluding hydrogens is 442 g/mol. The van der Waals surface area contributed by atoms with Crippen molar-refractivity contribution >= 4 is 22.9 Å². The molecule has 2 aromatic carbocycles. The summed E-state index contributed by atoms with van der Waals surface area (Å²) in [5, 5.41) is 3.80. The van der Waals surface area contributed by atoms with Gasteiger partial charge in [0, 0.05) is 30.1 Å². The molecule has 0 saturated carbocycles. The minimum absolute atomic E-state index is 0.225. The third-order valence-electron chi connectivity index (χ3n) is 5.56. The zero-order valence-electron chi connectivity index (χ0n) is 21.2. The molecule has 35 heavy (non-hydrogen) atoms. The van der Waals surface area contributed by atoms with Crippen LogP contribution in [0.1, 0.15) is 58.1 Å². The summed E-state index contributed by atoms with van der Waals surface area (Å²) in [6.07, 6.45) is 5.14. The smallest absolute Gasteiger partial charge is 0.408 e. The van der Waals surface area contributed by atoms with E-state index in [1.165, 1.54) is 0 Å². The van der Waals surface area contributed by atoms with E-state index in [1.54, 1.807) is 20.8 Å². The van der Waals surface area contributed by atoms with Crippen LogP contribution in [0.3, 0.4) is 0 Å². The molecule has 2 amide bonds. The first-order valence-electron chi connectivity index (χ1n) is 12.3. The maximum atomic E-state index is 13.1. The maximum Gasteiger partial charge on any atom is 0.408 e. The number of para-hydroxylation sites is 1. The summed E-state index contributed by atoms with van der Waals surface area (Å²) in [6, 6.07) is 16.8. The highest BCUT2D eigenvalue weighted by molar-refractivity contribution is 5.88. The van der Waals surface area contributed by atoms with E-state index in [1.807, 2.05) is 42.5 Å². The fourth-order valence-corrected chi connectivity index (χ4v) is 3.92. The van der Waals surface area contributed by atoms with Crippen LogP contribution in [-0.4, -0.2) is 28.2 Å². The van der Waals surface area contributed by atoms with Crippen molar-refractivity contribution in [3.63, 3.8) is 0 Å². The third kappa shape index (κ3) is 8.14. The van der Waals surface area contributed by atoms with E-state index >= 15 is 0 Å². The standard InChI is InChI=1S/C28H37N3O4/c1-5-6-12-17-31-19-22(23-15-10-11-16-25(23)31)18-24(29-27(33)35-28(2,3)4)26(32)30-34-20-21-13-8-7-9-14-21/h7-11,13-16,19,24H,5-6,12,17-18,20H2,1-4H3,(H,29,33)(H,30,32)/t24-/m0/s1. The molecule has 1 atom stereocenters. The number of hydrogen-bond acceptors (Lipinski definition) is 4. The summed E-state index contributed by atoms with van der Waals surface area (Å²) < 4.78 is 7.64. The minimum atomic E-state index is -0.865. The number of amides is 2. The highest BCUT2D eigenvalue weighted by Gasteiger charge is 2.26. The molecule has 0 unspecified atom stereocenters. The summed E-state index contributed by atoms with van der Waals surface area (Å²) in [5.74, 6) is -0.436. The Kier molecular flexibility index (Phi) is 9.32. The normalized spacial score (nSPS) is 12.3. The number of carbonyl (C=O) groups excluding carboxylic acids is 2. The van der Waals surface area contributed by atoms with Gasteiger partial charge in [-0.05, 0) is 44.4 Å². The van der Waals surface area contributed by atoms with Gasteiger partial charge in [-0.25, -0.2) is 10.3 Å². The topological polar surface area (TPSA) is 81.6 Å². The molecule has 0 bridgehead atoms. The number of nitrogens with zero attached hydrogens (tertiary/aromatic N) is 1. The third-order valence-corrected chi connectivity index (χ3v) is 5.56. The molecule has 0 aliphatic rings. The molecule has 2 N–H and O–H groups in total. The van der Waals surface area contributed by atoms with Gasteiger partial charge in [0.15, 0.2) is 0 Å². The zero-order valence-corrected chi connectivity index (χ0v) is 21.2. The van der Waals surface area contributed by atoms with E-state index in [4.69, 9.17) is 9.57 Å². The molecule has 188 valence electrons. The van der Waals surface area contributed by atoms with Gasteiger partial charge in [-0.3, -0.25) is 9.63 Å². The Morgan fingerprint density at radius 1 is 1.00 bits per heavy atom. The van der Waals surface area contributed by atoms with Crippen molar-refractivity contribution in [3.05, 3.63) is 71.9 Å². The summed E-state index contributed by atoms with van der Waals surface area (Å²) in [7, 11) is 0. The second-order valence-electron chi connectivity index (χ2n) is 9.72. The molecule has 3 aromatic rings. The first kappa shape index (κ1) is 26.3.